The number of piperidine rings is 1. The molecule has 1 N–H and O–H groups in total. The third kappa shape index (κ3) is 2.40. The SMILES string of the molecule is CC1(C)CN(C(=O)c2ccoc2Br)CCC1O. The van der Waals surface area contributed by atoms with Gasteiger partial charge in [-0.2, -0.15) is 0 Å². The molecule has 1 amide bonds. The number of furan rings is 1. The normalized spacial score (nSPS) is 23.8. The molecule has 1 aliphatic rings. The van der Waals surface area contributed by atoms with Crippen molar-refractivity contribution in [3.05, 3.63) is 22.6 Å². The quantitative estimate of drug-likeness (QED) is 0.866. The van der Waals surface area contributed by atoms with Crippen LogP contribution in [0.5, 0.6) is 0 Å². The number of carbonyl (C=O) groups is 1. The summed E-state index contributed by atoms with van der Waals surface area (Å²) in [5.74, 6) is -0.0504. The van der Waals surface area contributed by atoms with Gasteiger partial charge < -0.3 is 14.4 Å². The minimum Gasteiger partial charge on any atom is -0.457 e. The second kappa shape index (κ2) is 4.46. The molecule has 1 fully saturated rings. The zero-order valence-corrected chi connectivity index (χ0v) is 11.5. The Morgan fingerprint density at radius 3 is 2.88 bits per heavy atom. The first-order valence-corrected chi connectivity index (χ1v) is 6.41. The zero-order valence-electron chi connectivity index (χ0n) is 9.94. The molecule has 0 radical (unpaired) electrons. The van der Waals surface area contributed by atoms with Crippen LogP contribution in [0.15, 0.2) is 21.4 Å². The fourth-order valence-electron chi connectivity index (χ4n) is 2.14. The molecule has 5 heteroatoms. The van der Waals surface area contributed by atoms with Crippen LogP contribution in [0.4, 0.5) is 0 Å². The highest BCUT2D eigenvalue weighted by Gasteiger charge is 2.37. The average Bonchev–Trinajstić information content (AvgIpc) is 2.67. The van der Waals surface area contributed by atoms with E-state index in [9.17, 15) is 9.90 Å². The lowest BCUT2D eigenvalue weighted by Gasteiger charge is -2.41. The molecule has 1 aliphatic heterocycles. The molecule has 0 spiro atoms. The van der Waals surface area contributed by atoms with E-state index < -0.39 is 0 Å². The molecule has 4 nitrogen and oxygen atoms in total. The van der Waals surface area contributed by atoms with Gasteiger partial charge in [0.25, 0.3) is 5.91 Å². The average molecular weight is 302 g/mol. The first kappa shape index (κ1) is 12.6. The number of likely N-dealkylation sites (tertiary alicyclic amines) is 1. The largest absolute Gasteiger partial charge is 0.457 e. The van der Waals surface area contributed by atoms with Gasteiger partial charge in [0.2, 0.25) is 0 Å². The van der Waals surface area contributed by atoms with E-state index in [4.69, 9.17) is 4.42 Å². The Hall–Kier alpha value is -0.810. The number of rotatable bonds is 1. The van der Waals surface area contributed by atoms with E-state index in [1.54, 1.807) is 11.0 Å². The molecule has 2 rings (SSSR count). The lowest BCUT2D eigenvalue weighted by atomic mass is 9.81. The Labute approximate surface area is 109 Å². The summed E-state index contributed by atoms with van der Waals surface area (Å²) in [5, 5.41) is 9.86. The standard InChI is InChI=1S/C12H16BrNO3/c1-12(2)7-14(5-3-9(12)15)11(16)8-4-6-17-10(8)13/h4,6,9,15H,3,5,7H2,1-2H3. The number of halogens is 1. The first-order valence-electron chi connectivity index (χ1n) is 5.62. The van der Waals surface area contributed by atoms with Gasteiger partial charge in [-0.25, -0.2) is 0 Å². The minimum absolute atomic E-state index is 0.0504. The summed E-state index contributed by atoms with van der Waals surface area (Å²) in [6.45, 7) is 5.09. The number of nitrogens with zero attached hydrogens (tertiary/aromatic N) is 1. The first-order chi connectivity index (χ1) is 7.92. The van der Waals surface area contributed by atoms with Crippen molar-refractivity contribution in [2.24, 2.45) is 5.41 Å². The number of hydrogen-bond acceptors (Lipinski definition) is 3. The number of hydrogen-bond donors (Lipinski definition) is 1. The van der Waals surface area contributed by atoms with Gasteiger partial charge in [0.15, 0.2) is 4.67 Å². The van der Waals surface area contributed by atoms with Gasteiger partial charge in [-0.3, -0.25) is 4.79 Å². The molecule has 1 unspecified atom stereocenters. The molecule has 0 saturated carbocycles. The third-order valence-electron chi connectivity index (χ3n) is 3.31. The van der Waals surface area contributed by atoms with Gasteiger partial charge in [-0.15, -0.1) is 0 Å². The Morgan fingerprint density at radius 1 is 1.65 bits per heavy atom. The van der Waals surface area contributed by atoms with E-state index in [-0.39, 0.29) is 17.4 Å². The number of aliphatic hydroxyl groups excluding tert-OH is 1. The summed E-state index contributed by atoms with van der Waals surface area (Å²) in [4.78, 5) is 14.0. The van der Waals surface area contributed by atoms with Crippen molar-refractivity contribution in [1.29, 1.82) is 0 Å². The van der Waals surface area contributed by atoms with E-state index in [0.717, 1.165) is 0 Å². The monoisotopic (exact) mass is 301 g/mol. The fraction of sp³-hybridized carbons (Fsp3) is 0.583. The molecule has 0 aliphatic carbocycles. The smallest absolute Gasteiger partial charge is 0.258 e. The molecule has 1 aromatic rings. The molecule has 1 saturated heterocycles. The molecule has 1 atom stereocenters. The predicted molar refractivity (Wildman–Crippen MR) is 66.7 cm³/mol. The highest BCUT2D eigenvalue weighted by atomic mass is 79.9. The summed E-state index contributed by atoms with van der Waals surface area (Å²) in [6, 6.07) is 1.66. The van der Waals surface area contributed by atoms with Crippen LogP contribution in [0.25, 0.3) is 0 Å². The maximum absolute atomic E-state index is 12.2. The molecule has 0 aromatic carbocycles. The molecular formula is C12H16BrNO3. The number of amides is 1. The Balaban J connectivity index is 2.15. The molecule has 17 heavy (non-hydrogen) atoms. The number of carbonyl (C=O) groups excluding carboxylic acids is 1. The van der Waals surface area contributed by atoms with Crippen LogP contribution in [0, 0.1) is 5.41 Å². The van der Waals surface area contributed by atoms with Crippen molar-refractivity contribution in [2.45, 2.75) is 26.4 Å². The van der Waals surface area contributed by atoms with Crippen LogP contribution in [-0.4, -0.2) is 35.1 Å². The van der Waals surface area contributed by atoms with Crippen LogP contribution in [0.1, 0.15) is 30.6 Å². The molecule has 0 bridgehead atoms. The topological polar surface area (TPSA) is 53.7 Å². The Morgan fingerprint density at radius 2 is 2.35 bits per heavy atom. The van der Waals surface area contributed by atoms with E-state index in [0.29, 0.717) is 29.7 Å². The summed E-state index contributed by atoms with van der Waals surface area (Å²) in [7, 11) is 0. The second-order valence-electron chi connectivity index (χ2n) is 5.13. The van der Waals surface area contributed by atoms with E-state index in [1.165, 1.54) is 6.26 Å². The Kier molecular flexibility index (Phi) is 3.32. The van der Waals surface area contributed by atoms with Crippen molar-refractivity contribution in [3.8, 4) is 0 Å². The van der Waals surface area contributed by atoms with Crippen molar-refractivity contribution < 1.29 is 14.3 Å². The van der Waals surface area contributed by atoms with Gasteiger partial charge >= 0.3 is 0 Å². The van der Waals surface area contributed by atoms with Crippen LogP contribution in [-0.2, 0) is 0 Å². The summed E-state index contributed by atoms with van der Waals surface area (Å²) < 4.78 is 5.53. The maximum atomic E-state index is 12.2. The summed E-state index contributed by atoms with van der Waals surface area (Å²) in [6.07, 6.45) is 1.76. The van der Waals surface area contributed by atoms with Gasteiger partial charge in [0.1, 0.15) is 0 Å². The zero-order chi connectivity index (χ0) is 12.6. The lowest BCUT2D eigenvalue weighted by Crippen LogP contribution is -2.50. The van der Waals surface area contributed by atoms with Gasteiger partial charge in [0.05, 0.1) is 17.9 Å². The van der Waals surface area contributed by atoms with E-state index >= 15 is 0 Å². The van der Waals surface area contributed by atoms with Crippen LogP contribution < -0.4 is 0 Å². The lowest BCUT2D eigenvalue weighted by molar-refractivity contribution is -0.0182. The maximum Gasteiger partial charge on any atom is 0.258 e. The van der Waals surface area contributed by atoms with Crippen LogP contribution in [0.2, 0.25) is 0 Å². The third-order valence-corrected chi connectivity index (χ3v) is 3.92. The minimum atomic E-state index is -0.348. The van der Waals surface area contributed by atoms with Crippen LogP contribution >= 0.6 is 15.9 Å². The fourth-order valence-corrected chi connectivity index (χ4v) is 2.54. The van der Waals surface area contributed by atoms with Crippen molar-refractivity contribution >= 4 is 21.8 Å². The molecule has 94 valence electrons. The predicted octanol–water partition coefficient (Wildman–Crippen LogP) is 2.28. The highest BCUT2D eigenvalue weighted by molar-refractivity contribution is 9.10. The van der Waals surface area contributed by atoms with Gasteiger partial charge in [-0.05, 0) is 28.4 Å². The molecule has 1 aromatic heterocycles. The van der Waals surface area contributed by atoms with Crippen molar-refractivity contribution in [2.75, 3.05) is 13.1 Å². The highest BCUT2D eigenvalue weighted by Crippen LogP contribution is 2.30. The number of aliphatic hydroxyl groups is 1. The summed E-state index contributed by atoms with van der Waals surface area (Å²) >= 11 is 3.21. The van der Waals surface area contributed by atoms with E-state index in [1.807, 2.05) is 13.8 Å². The van der Waals surface area contributed by atoms with Gasteiger partial charge in [-0.1, -0.05) is 13.8 Å². The molecule has 2 heterocycles. The van der Waals surface area contributed by atoms with Crippen molar-refractivity contribution in [1.82, 2.24) is 4.90 Å². The van der Waals surface area contributed by atoms with Crippen molar-refractivity contribution in [3.63, 3.8) is 0 Å². The molecular weight excluding hydrogens is 286 g/mol. The Bertz CT molecular complexity index is 427. The van der Waals surface area contributed by atoms with Crippen LogP contribution in [0.3, 0.4) is 0 Å². The second-order valence-corrected chi connectivity index (χ2v) is 5.85. The summed E-state index contributed by atoms with van der Waals surface area (Å²) in [5.41, 5.74) is 0.279. The van der Waals surface area contributed by atoms with E-state index in [2.05, 4.69) is 15.9 Å². The van der Waals surface area contributed by atoms with Gasteiger partial charge in [0, 0.05) is 18.5 Å².